The molecule has 0 aliphatic heterocycles. The fourth-order valence-electron chi connectivity index (χ4n) is 1.57. The summed E-state index contributed by atoms with van der Waals surface area (Å²) in [6.07, 6.45) is 0.809. The molecule has 1 aromatic rings. The van der Waals surface area contributed by atoms with Crippen LogP contribution in [0.15, 0.2) is 18.2 Å². The zero-order valence-electron chi connectivity index (χ0n) is 11.4. The van der Waals surface area contributed by atoms with Crippen LogP contribution in [-0.4, -0.2) is 35.6 Å². The van der Waals surface area contributed by atoms with Crippen LogP contribution in [-0.2, 0) is 0 Å². The molecule has 0 heterocycles. The van der Waals surface area contributed by atoms with Gasteiger partial charge in [0.2, 0.25) is 0 Å². The lowest BCUT2D eigenvalue weighted by molar-refractivity contribution is 0.0736. The second kappa shape index (κ2) is 6.91. The van der Waals surface area contributed by atoms with Gasteiger partial charge >= 0.3 is 0 Å². The number of hydrogen-bond donors (Lipinski definition) is 1. The molecule has 0 aliphatic rings. The second-order valence-corrected chi connectivity index (χ2v) is 4.33. The maximum atomic E-state index is 13.9. The Balaban J connectivity index is 2.99. The van der Waals surface area contributed by atoms with Gasteiger partial charge in [0.25, 0.3) is 5.91 Å². The van der Waals surface area contributed by atoms with E-state index in [1.807, 2.05) is 13.8 Å². The third kappa shape index (κ3) is 3.80. The van der Waals surface area contributed by atoms with Gasteiger partial charge in [0.05, 0.1) is 5.56 Å². The van der Waals surface area contributed by atoms with E-state index in [2.05, 4.69) is 11.8 Å². The van der Waals surface area contributed by atoms with E-state index in [0.29, 0.717) is 5.56 Å². The van der Waals surface area contributed by atoms with Crippen molar-refractivity contribution in [1.82, 2.24) is 4.90 Å². The van der Waals surface area contributed by atoms with Gasteiger partial charge in [-0.1, -0.05) is 18.8 Å². The van der Waals surface area contributed by atoms with Crippen molar-refractivity contribution in [1.29, 1.82) is 0 Å². The summed E-state index contributed by atoms with van der Waals surface area (Å²) in [5.41, 5.74) is 0.478. The molecule has 0 bridgehead atoms. The molecule has 1 unspecified atom stereocenters. The zero-order chi connectivity index (χ0) is 14.4. The van der Waals surface area contributed by atoms with Gasteiger partial charge in [-0.25, -0.2) is 4.39 Å². The van der Waals surface area contributed by atoms with Crippen molar-refractivity contribution in [2.24, 2.45) is 0 Å². The fourth-order valence-corrected chi connectivity index (χ4v) is 1.57. The van der Waals surface area contributed by atoms with Gasteiger partial charge < -0.3 is 10.0 Å². The SMILES string of the molecule is CCC(C)N(C)C(=O)c1ccc(C#CCO)cc1F. The molecule has 0 aromatic heterocycles. The molecule has 0 fully saturated rings. The Kier molecular flexibility index (Phi) is 5.53. The molecular formula is C15H18FNO2. The quantitative estimate of drug-likeness (QED) is 0.848. The number of halogens is 1. The van der Waals surface area contributed by atoms with Gasteiger partial charge in [-0.2, -0.15) is 0 Å². The zero-order valence-corrected chi connectivity index (χ0v) is 11.4. The minimum atomic E-state index is -0.593. The summed E-state index contributed by atoms with van der Waals surface area (Å²) >= 11 is 0. The van der Waals surface area contributed by atoms with Crippen molar-refractivity contribution in [3.05, 3.63) is 35.1 Å². The van der Waals surface area contributed by atoms with E-state index in [0.717, 1.165) is 6.42 Å². The van der Waals surface area contributed by atoms with E-state index in [-0.39, 0.29) is 24.1 Å². The van der Waals surface area contributed by atoms with Crippen molar-refractivity contribution < 1.29 is 14.3 Å². The number of carbonyl (C=O) groups is 1. The van der Waals surface area contributed by atoms with E-state index in [9.17, 15) is 9.18 Å². The van der Waals surface area contributed by atoms with Gasteiger partial charge in [0, 0.05) is 18.7 Å². The van der Waals surface area contributed by atoms with Gasteiger partial charge in [-0.15, -0.1) is 0 Å². The molecule has 1 amide bonds. The summed E-state index contributed by atoms with van der Waals surface area (Å²) in [5.74, 6) is 4.10. The first-order valence-corrected chi connectivity index (χ1v) is 6.17. The smallest absolute Gasteiger partial charge is 0.256 e. The Bertz CT molecular complexity index is 517. The molecule has 102 valence electrons. The van der Waals surface area contributed by atoms with Gasteiger partial charge in [-0.3, -0.25) is 4.79 Å². The van der Waals surface area contributed by atoms with Crippen LogP contribution in [0.3, 0.4) is 0 Å². The number of nitrogens with zero attached hydrogens (tertiary/aromatic N) is 1. The first kappa shape index (κ1) is 15.2. The lowest BCUT2D eigenvalue weighted by Gasteiger charge is -2.24. The lowest BCUT2D eigenvalue weighted by Crippen LogP contribution is -2.35. The summed E-state index contributed by atoms with van der Waals surface area (Å²) in [6, 6.07) is 4.27. The molecule has 3 nitrogen and oxygen atoms in total. The maximum Gasteiger partial charge on any atom is 0.256 e. The number of amides is 1. The van der Waals surface area contributed by atoms with Crippen LogP contribution >= 0.6 is 0 Å². The average Bonchev–Trinajstić information content (AvgIpc) is 2.42. The topological polar surface area (TPSA) is 40.5 Å². The van der Waals surface area contributed by atoms with E-state index in [4.69, 9.17) is 5.11 Å². The molecule has 19 heavy (non-hydrogen) atoms. The molecule has 0 aliphatic carbocycles. The van der Waals surface area contributed by atoms with E-state index < -0.39 is 5.82 Å². The highest BCUT2D eigenvalue weighted by atomic mass is 19.1. The minimum Gasteiger partial charge on any atom is -0.384 e. The number of aliphatic hydroxyl groups is 1. The Morgan fingerprint density at radius 3 is 2.74 bits per heavy atom. The summed E-state index contributed by atoms with van der Waals surface area (Å²) in [5, 5.41) is 8.57. The molecule has 4 heteroatoms. The average molecular weight is 263 g/mol. The number of hydrogen-bond acceptors (Lipinski definition) is 2. The van der Waals surface area contributed by atoms with Crippen molar-refractivity contribution >= 4 is 5.91 Å². The van der Waals surface area contributed by atoms with Crippen molar-refractivity contribution in [2.75, 3.05) is 13.7 Å². The van der Waals surface area contributed by atoms with Crippen molar-refractivity contribution in [3.63, 3.8) is 0 Å². The second-order valence-electron chi connectivity index (χ2n) is 4.33. The van der Waals surface area contributed by atoms with Crippen LogP contribution in [0.2, 0.25) is 0 Å². The monoisotopic (exact) mass is 263 g/mol. The van der Waals surface area contributed by atoms with E-state index in [1.165, 1.54) is 17.0 Å². The summed E-state index contributed by atoms with van der Waals surface area (Å²) < 4.78 is 13.9. The summed E-state index contributed by atoms with van der Waals surface area (Å²) in [7, 11) is 1.66. The molecule has 1 atom stereocenters. The Morgan fingerprint density at radius 1 is 1.53 bits per heavy atom. The van der Waals surface area contributed by atoms with Crippen LogP contribution in [0.1, 0.15) is 36.2 Å². The fraction of sp³-hybridized carbons (Fsp3) is 0.400. The number of benzene rings is 1. The highest BCUT2D eigenvalue weighted by molar-refractivity contribution is 5.94. The first-order chi connectivity index (χ1) is 9.01. The lowest BCUT2D eigenvalue weighted by atomic mass is 10.1. The van der Waals surface area contributed by atoms with Crippen LogP contribution in [0.5, 0.6) is 0 Å². The third-order valence-electron chi connectivity index (χ3n) is 3.08. The molecule has 0 radical (unpaired) electrons. The Morgan fingerprint density at radius 2 is 2.21 bits per heavy atom. The summed E-state index contributed by atoms with van der Waals surface area (Å²) in [6.45, 7) is 3.61. The van der Waals surface area contributed by atoms with Crippen LogP contribution in [0.4, 0.5) is 4.39 Å². The first-order valence-electron chi connectivity index (χ1n) is 6.17. The molecule has 0 saturated carbocycles. The Labute approximate surface area is 113 Å². The van der Waals surface area contributed by atoms with Crippen LogP contribution in [0, 0.1) is 17.7 Å². The molecule has 1 aromatic carbocycles. The van der Waals surface area contributed by atoms with Gasteiger partial charge in [-0.05, 0) is 31.5 Å². The molecule has 0 saturated heterocycles. The third-order valence-corrected chi connectivity index (χ3v) is 3.08. The van der Waals surface area contributed by atoms with Crippen molar-refractivity contribution in [3.8, 4) is 11.8 Å². The maximum absolute atomic E-state index is 13.9. The summed E-state index contributed by atoms with van der Waals surface area (Å²) in [4.78, 5) is 13.6. The number of carbonyl (C=O) groups excluding carboxylic acids is 1. The van der Waals surface area contributed by atoms with Crippen LogP contribution < -0.4 is 0 Å². The van der Waals surface area contributed by atoms with E-state index in [1.54, 1.807) is 13.1 Å². The standard InChI is InChI=1S/C15H18FNO2/c1-4-11(2)17(3)15(19)13-8-7-12(6-5-9-18)10-14(13)16/h7-8,10-11,18H,4,9H2,1-3H3. The molecule has 1 rings (SSSR count). The van der Waals surface area contributed by atoms with Gasteiger partial charge in [0.1, 0.15) is 12.4 Å². The molecular weight excluding hydrogens is 245 g/mol. The highest BCUT2D eigenvalue weighted by Gasteiger charge is 2.19. The molecule has 0 spiro atoms. The Hall–Kier alpha value is -1.86. The molecule has 1 N–H and O–H groups in total. The number of rotatable bonds is 3. The highest BCUT2D eigenvalue weighted by Crippen LogP contribution is 2.14. The van der Waals surface area contributed by atoms with Crippen LogP contribution in [0.25, 0.3) is 0 Å². The van der Waals surface area contributed by atoms with Gasteiger partial charge in [0.15, 0.2) is 0 Å². The predicted molar refractivity (Wildman–Crippen MR) is 72.2 cm³/mol. The minimum absolute atomic E-state index is 0.0392. The van der Waals surface area contributed by atoms with E-state index >= 15 is 0 Å². The largest absolute Gasteiger partial charge is 0.384 e. The van der Waals surface area contributed by atoms with Crippen molar-refractivity contribution in [2.45, 2.75) is 26.3 Å². The predicted octanol–water partition coefficient (Wildman–Crippen LogP) is 2.04. The normalized spacial score (nSPS) is 11.4. The number of aliphatic hydroxyl groups excluding tert-OH is 1.